The fourth-order valence-electron chi connectivity index (χ4n) is 1.78. The van der Waals surface area contributed by atoms with E-state index in [-0.39, 0.29) is 17.4 Å². The molecule has 76 valence electrons. The highest BCUT2D eigenvalue weighted by Gasteiger charge is 2.26. The molecule has 5 nitrogen and oxygen atoms in total. The van der Waals surface area contributed by atoms with Gasteiger partial charge in [0.2, 0.25) is 5.95 Å². The van der Waals surface area contributed by atoms with Crippen LogP contribution in [-0.4, -0.2) is 16.5 Å². The average Bonchev–Trinajstić information content (AvgIpc) is 2.10. The van der Waals surface area contributed by atoms with E-state index in [1.165, 1.54) is 0 Å². The second-order valence-electron chi connectivity index (χ2n) is 3.86. The molecule has 1 aliphatic rings. The quantitative estimate of drug-likeness (QED) is 0.562. The summed E-state index contributed by atoms with van der Waals surface area (Å²) in [4.78, 5) is 18.2. The minimum absolute atomic E-state index is 0.126. The van der Waals surface area contributed by atoms with Crippen LogP contribution < -0.4 is 16.6 Å². The Morgan fingerprint density at radius 1 is 1.50 bits per heavy atom. The summed E-state index contributed by atoms with van der Waals surface area (Å²) >= 11 is 0. The van der Waals surface area contributed by atoms with Crippen molar-refractivity contribution in [3.05, 3.63) is 15.9 Å². The summed E-state index contributed by atoms with van der Waals surface area (Å²) in [5.74, 6) is 1.47. The highest BCUT2D eigenvalue weighted by atomic mass is 16.1. The lowest BCUT2D eigenvalue weighted by Crippen LogP contribution is -2.31. The maximum Gasteiger partial charge on any atom is 0.257 e. The maximum absolute atomic E-state index is 11.6. The van der Waals surface area contributed by atoms with Gasteiger partial charge in [-0.2, -0.15) is 4.98 Å². The van der Waals surface area contributed by atoms with E-state index in [4.69, 9.17) is 5.73 Å². The number of anilines is 2. The normalized spacial score (nSPS) is 25.3. The van der Waals surface area contributed by atoms with Crippen LogP contribution in [0.3, 0.4) is 0 Å². The highest BCUT2D eigenvalue weighted by Crippen LogP contribution is 2.30. The lowest BCUT2D eigenvalue weighted by molar-refractivity contribution is 0.490. The second kappa shape index (κ2) is 3.01. The van der Waals surface area contributed by atoms with Crippen molar-refractivity contribution in [1.82, 2.24) is 9.97 Å². The van der Waals surface area contributed by atoms with E-state index < -0.39 is 0 Å². The molecule has 5 heteroatoms. The van der Waals surface area contributed by atoms with Crippen LogP contribution in [-0.2, 0) is 0 Å². The Bertz CT molecular complexity index is 412. The summed E-state index contributed by atoms with van der Waals surface area (Å²) in [7, 11) is 0. The summed E-state index contributed by atoms with van der Waals surface area (Å²) < 4.78 is 0. The minimum atomic E-state index is -0.126. The molecule has 0 spiro atoms. The molecule has 0 amide bonds. The van der Waals surface area contributed by atoms with E-state index in [2.05, 4.69) is 22.2 Å². The number of nitrogens with zero attached hydrogens (tertiary/aromatic N) is 1. The van der Waals surface area contributed by atoms with Crippen LogP contribution >= 0.6 is 0 Å². The van der Waals surface area contributed by atoms with Crippen LogP contribution in [0.15, 0.2) is 4.79 Å². The van der Waals surface area contributed by atoms with Crippen LogP contribution in [0.1, 0.15) is 25.3 Å². The number of aromatic nitrogens is 2. The predicted molar refractivity (Wildman–Crippen MR) is 55.3 cm³/mol. The van der Waals surface area contributed by atoms with Gasteiger partial charge in [0.15, 0.2) is 0 Å². The van der Waals surface area contributed by atoms with Crippen LogP contribution in [0.25, 0.3) is 0 Å². The van der Waals surface area contributed by atoms with Crippen molar-refractivity contribution >= 4 is 11.8 Å². The summed E-state index contributed by atoms with van der Waals surface area (Å²) in [5.41, 5.74) is 6.05. The van der Waals surface area contributed by atoms with E-state index in [9.17, 15) is 4.79 Å². The zero-order valence-electron chi connectivity index (χ0n) is 8.29. The summed E-state index contributed by atoms with van der Waals surface area (Å²) in [6.45, 7) is 4.98. The first kappa shape index (κ1) is 9.05. The van der Waals surface area contributed by atoms with Gasteiger partial charge in [0, 0.05) is 6.54 Å². The van der Waals surface area contributed by atoms with Gasteiger partial charge in [-0.15, -0.1) is 0 Å². The van der Waals surface area contributed by atoms with Crippen molar-refractivity contribution < 1.29 is 0 Å². The number of aromatic amines is 1. The zero-order valence-corrected chi connectivity index (χ0v) is 8.29. The lowest BCUT2D eigenvalue weighted by Gasteiger charge is -2.27. The number of nitrogen functional groups attached to an aromatic ring is 1. The van der Waals surface area contributed by atoms with Crippen molar-refractivity contribution in [3.8, 4) is 0 Å². The molecule has 1 aromatic heterocycles. The topological polar surface area (TPSA) is 83.8 Å². The van der Waals surface area contributed by atoms with E-state index >= 15 is 0 Å². The van der Waals surface area contributed by atoms with Crippen molar-refractivity contribution in [2.45, 2.75) is 19.8 Å². The molecule has 14 heavy (non-hydrogen) atoms. The van der Waals surface area contributed by atoms with E-state index in [0.29, 0.717) is 11.7 Å². The third-order valence-corrected chi connectivity index (χ3v) is 2.87. The first-order valence-electron chi connectivity index (χ1n) is 4.73. The van der Waals surface area contributed by atoms with Gasteiger partial charge in [0.05, 0.1) is 5.56 Å². The minimum Gasteiger partial charge on any atom is -0.369 e. The Kier molecular flexibility index (Phi) is 1.94. The van der Waals surface area contributed by atoms with Gasteiger partial charge in [-0.05, 0) is 11.8 Å². The highest BCUT2D eigenvalue weighted by molar-refractivity contribution is 5.50. The Balaban J connectivity index is 2.60. The van der Waals surface area contributed by atoms with Crippen molar-refractivity contribution in [1.29, 1.82) is 0 Å². The van der Waals surface area contributed by atoms with E-state index in [1.54, 1.807) is 0 Å². The molecule has 2 atom stereocenters. The fourth-order valence-corrected chi connectivity index (χ4v) is 1.78. The molecule has 2 rings (SSSR count). The Hall–Kier alpha value is -1.52. The molecule has 4 N–H and O–H groups in total. The summed E-state index contributed by atoms with van der Waals surface area (Å²) in [6, 6.07) is 0. The van der Waals surface area contributed by atoms with Gasteiger partial charge >= 0.3 is 0 Å². The maximum atomic E-state index is 11.6. The molecule has 0 fully saturated rings. The van der Waals surface area contributed by atoms with Crippen LogP contribution in [0, 0.1) is 5.92 Å². The molecule has 0 aromatic carbocycles. The molecular weight excluding hydrogens is 180 g/mol. The molecule has 0 radical (unpaired) electrons. The van der Waals surface area contributed by atoms with Crippen molar-refractivity contribution in [2.75, 3.05) is 17.6 Å². The summed E-state index contributed by atoms with van der Waals surface area (Å²) in [6.07, 6.45) is 0. The number of fused-ring (bicyclic) bond motifs is 1. The van der Waals surface area contributed by atoms with Crippen LogP contribution in [0.5, 0.6) is 0 Å². The molecule has 0 bridgehead atoms. The number of nitrogens with one attached hydrogen (secondary N) is 2. The SMILES string of the molecule is CC1CNc2nc(N)[nH]c(=O)c2C1C. The van der Waals surface area contributed by atoms with Gasteiger partial charge in [-0.1, -0.05) is 13.8 Å². The van der Waals surface area contributed by atoms with Crippen molar-refractivity contribution in [3.63, 3.8) is 0 Å². The largest absolute Gasteiger partial charge is 0.369 e. The van der Waals surface area contributed by atoms with Gasteiger partial charge < -0.3 is 11.1 Å². The van der Waals surface area contributed by atoms with E-state index in [0.717, 1.165) is 12.1 Å². The molecule has 1 aliphatic heterocycles. The van der Waals surface area contributed by atoms with Gasteiger partial charge in [0.25, 0.3) is 5.56 Å². The smallest absolute Gasteiger partial charge is 0.257 e. The third kappa shape index (κ3) is 1.25. The van der Waals surface area contributed by atoms with Crippen LogP contribution in [0.4, 0.5) is 11.8 Å². The fraction of sp³-hybridized carbons (Fsp3) is 0.556. The zero-order chi connectivity index (χ0) is 10.3. The number of nitrogens with two attached hydrogens (primary N) is 1. The third-order valence-electron chi connectivity index (χ3n) is 2.87. The van der Waals surface area contributed by atoms with Gasteiger partial charge in [0.1, 0.15) is 5.82 Å². The average molecular weight is 194 g/mol. The number of H-pyrrole nitrogens is 1. The Morgan fingerprint density at radius 3 is 2.93 bits per heavy atom. The number of rotatable bonds is 0. The first-order chi connectivity index (χ1) is 6.59. The molecule has 2 heterocycles. The molecule has 1 aromatic rings. The predicted octanol–water partition coefficient (Wildman–Crippen LogP) is 0.517. The molecule has 2 unspecified atom stereocenters. The number of hydrogen-bond acceptors (Lipinski definition) is 4. The second-order valence-corrected chi connectivity index (χ2v) is 3.86. The molecule has 0 saturated heterocycles. The molecule has 0 aliphatic carbocycles. The van der Waals surface area contributed by atoms with E-state index in [1.807, 2.05) is 6.92 Å². The lowest BCUT2D eigenvalue weighted by atomic mass is 9.87. The van der Waals surface area contributed by atoms with Gasteiger partial charge in [-0.25, -0.2) is 0 Å². The standard InChI is InChI=1S/C9H14N4O/c1-4-3-11-7-6(5(4)2)8(14)13-9(10)12-7/h4-5H,3H2,1-2H3,(H4,10,11,12,13,14). The van der Waals surface area contributed by atoms with Gasteiger partial charge in [-0.3, -0.25) is 9.78 Å². The van der Waals surface area contributed by atoms with Crippen LogP contribution in [0.2, 0.25) is 0 Å². The first-order valence-corrected chi connectivity index (χ1v) is 4.73. The summed E-state index contributed by atoms with van der Waals surface area (Å²) in [5, 5.41) is 3.11. The Morgan fingerprint density at radius 2 is 2.21 bits per heavy atom. The Labute approximate surface area is 81.7 Å². The molecule has 0 saturated carbocycles. The van der Waals surface area contributed by atoms with Crippen molar-refractivity contribution in [2.24, 2.45) is 5.92 Å². The number of hydrogen-bond donors (Lipinski definition) is 3. The molecular formula is C9H14N4O. The monoisotopic (exact) mass is 194 g/mol.